The summed E-state index contributed by atoms with van der Waals surface area (Å²) in [5.41, 5.74) is 3.05. The lowest BCUT2D eigenvalue weighted by atomic mass is 9.85. The molecule has 2 saturated carbocycles. The molecule has 1 aromatic carbocycles. The molecule has 0 saturated heterocycles. The second-order valence-corrected chi connectivity index (χ2v) is 7.01. The lowest BCUT2D eigenvalue weighted by molar-refractivity contribution is 0.176. The Balaban J connectivity index is 1.98. The molecule has 0 amide bonds. The average molecular weight is 299 g/mol. The van der Waals surface area contributed by atoms with Gasteiger partial charge in [0.2, 0.25) is 6.08 Å². The highest BCUT2D eigenvalue weighted by molar-refractivity contribution is 5.50. The molecular weight excluding hydrogens is 274 g/mol. The molecule has 2 aliphatic carbocycles. The van der Waals surface area contributed by atoms with E-state index in [0.717, 1.165) is 49.2 Å². The van der Waals surface area contributed by atoms with E-state index in [-0.39, 0.29) is 0 Å². The van der Waals surface area contributed by atoms with E-state index in [4.69, 9.17) is 4.74 Å². The number of benzene rings is 1. The molecule has 0 heterocycles. The average Bonchev–Trinajstić information content (AvgIpc) is 2.89. The fourth-order valence-electron chi connectivity index (χ4n) is 3.84. The van der Waals surface area contributed by atoms with Gasteiger partial charge in [-0.3, -0.25) is 0 Å². The summed E-state index contributed by atoms with van der Waals surface area (Å²) in [5.74, 6) is 1.65. The van der Waals surface area contributed by atoms with Gasteiger partial charge in [0.15, 0.2) is 0 Å². The summed E-state index contributed by atoms with van der Waals surface area (Å²) in [5, 5.41) is 0. The van der Waals surface area contributed by atoms with Gasteiger partial charge in [0.05, 0.1) is 6.61 Å². The molecule has 2 aliphatic rings. The van der Waals surface area contributed by atoms with Gasteiger partial charge in [0.1, 0.15) is 11.3 Å². The molecule has 3 nitrogen and oxygen atoms in total. The molecule has 3 heteroatoms. The Hall–Kier alpha value is -1.60. The van der Waals surface area contributed by atoms with Crippen LogP contribution in [0.3, 0.4) is 0 Å². The molecule has 3 rings (SSSR count). The van der Waals surface area contributed by atoms with Crippen LogP contribution in [0.15, 0.2) is 17.1 Å². The minimum Gasteiger partial charge on any atom is -0.493 e. The van der Waals surface area contributed by atoms with Crippen molar-refractivity contribution in [2.75, 3.05) is 6.61 Å². The van der Waals surface area contributed by atoms with Crippen molar-refractivity contribution in [3.8, 4) is 5.75 Å². The maximum absolute atomic E-state index is 11.0. The summed E-state index contributed by atoms with van der Waals surface area (Å²) in [6.45, 7) is 4.98. The Bertz CT molecular complexity index is 592. The molecule has 0 aliphatic heterocycles. The number of isocyanates is 1. The van der Waals surface area contributed by atoms with Crippen molar-refractivity contribution in [2.24, 2.45) is 10.9 Å². The number of hydrogen-bond acceptors (Lipinski definition) is 3. The molecule has 22 heavy (non-hydrogen) atoms. The number of carbonyl (C=O) groups excluding carboxylic acids is 1. The van der Waals surface area contributed by atoms with E-state index in [1.807, 2.05) is 6.08 Å². The van der Waals surface area contributed by atoms with Crippen LogP contribution in [0.2, 0.25) is 0 Å². The van der Waals surface area contributed by atoms with E-state index in [1.54, 1.807) is 0 Å². The molecule has 0 spiro atoms. The minimum absolute atomic E-state index is 0.409. The fourth-order valence-corrected chi connectivity index (χ4v) is 3.84. The number of ether oxygens (including phenoxy) is 1. The van der Waals surface area contributed by atoms with Crippen LogP contribution in [0, 0.1) is 19.8 Å². The van der Waals surface area contributed by atoms with Crippen molar-refractivity contribution in [1.82, 2.24) is 0 Å². The van der Waals surface area contributed by atoms with Gasteiger partial charge in [0, 0.05) is 5.56 Å². The van der Waals surface area contributed by atoms with E-state index >= 15 is 0 Å². The van der Waals surface area contributed by atoms with Crippen molar-refractivity contribution in [3.63, 3.8) is 0 Å². The SMILES string of the molecule is Cc1cc(C)c(OCC2CCC2)c(C2(N=C=O)CCCC2)c1. The molecule has 0 atom stereocenters. The molecular formula is C19H25NO2. The summed E-state index contributed by atoms with van der Waals surface area (Å²) >= 11 is 0. The Labute approximate surface area is 132 Å². The van der Waals surface area contributed by atoms with Crippen LogP contribution in [0.1, 0.15) is 61.6 Å². The Morgan fingerprint density at radius 1 is 1.23 bits per heavy atom. The summed E-state index contributed by atoms with van der Waals surface area (Å²) in [7, 11) is 0. The second kappa shape index (κ2) is 6.26. The molecule has 2 fully saturated rings. The van der Waals surface area contributed by atoms with Crippen LogP contribution in [0.5, 0.6) is 5.75 Å². The number of rotatable bonds is 5. The van der Waals surface area contributed by atoms with Crippen molar-refractivity contribution in [3.05, 3.63) is 28.8 Å². The van der Waals surface area contributed by atoms with Gasteiger partial charge in [-0.05, 0) is 57.1 Å². The van der Waals surface area contributed by atoms with Crippen LogP contribution in [0.25, 0.3) is 0 Å². The van der Waals surface area contributed by atoms with Gasteiger partial charge in [-0.15, -0.1) is 0 Å². The topological polar surface area (TPSA) is 38.7 Å². The lowest BCUT2D eigenvalue weighted by Gasteiger charge is -2.30. The lowest BCUT2D eigenvalue weighted by Crippen LogP contribution is -2.24. The van der Waals surface area contributed by atoms with Crippen LogP contribution >= 0.6 is 0 Å². The maximum Gasteiger partial charge on any atom is 0.235 e. The predicted octanol–water partition coefficient (Wildman–Crippen LogP) is 4.59. The van der Waals surface area contributed by atoms with Gasteiger partial charge >= 0.3 is 0 Å². The van der Waals surface area contributed by atoms with Crippen LogP contribution < -0.4 is 4.74 Å². The second-order valence-electron chi connectivity index (χ2n) is 7.01. The summed E-state index contributed by atoms with van der Waals surface area (Å²) in [6.07, 6.45) is 9.77. The largest absolute Gasteiger partial charge is 0.493 e. The standard InChI is InChI=1S/C19H25NO2/c1-14-10-15(2)18(22-12-16-6-5-7-16)17(11-14)19(20-13-21)8-3-4-9-19/h10-11,16H,3-9,12H2,1-2H3. The molecule has 118 valence electrons. The summed E-state index contributed by atoms with van der Waals surface area (Å²) in [4.78, 5) is 15.3. The molecule has 0 bridgehead atoms. The van der Waals surface area contributed by atoms with Crippen molar-refractivity contribution in [2.45, 2.75) is 64.3 Å². The van der Waals surface area contributed by atoms with Gasteiger partial charge in [-0.1, -0.05) is 30.9 Å². The van der Waals surface area contributed by atoms with E-state index in [2.05, 4.69) is 31.0 Å². The van der Waals surface area contributed by atoms with E-state index in [1.165, 1.54) is 24.8 Å². The third-order valence-electron chi connectivity index (χ3n) is 5.30. The number of aryl methyl sites for hydroxylation is 2. The first-order valence-corrected chi connectivity index (χ1v) is 8.48. The molecule has 0 aromatic heterocycles. The van der Waals surface area contributed by atoms with Crippen LogP contribution in [-0.2, 0) is 10.3 Å². The number of hydrogen-bond donors (Lipinski definition) is 0. The zero-order chi connectivity index (χ0) is 15.6. The minimum atomic E-state index is -0.409. The Kier molecular flexibility index (Phi) is 4.35. The third-order valence-corrected chi connectivity index (χ3v) is 5.30. The van der Waals surface area contributed by atoms with Crippen molar-refractivity contribution < 1.29 is 9.53 Å². The first-order chi connectivity index (χ1) is 10.6. The number of nitrogens with zero attached hydrogens (tertiary/aromatic N) is 1. The normalized spacial score (nSPS) is 20.3. The van der Waals surface area contributed by atoms with Crippen LogP contribution in [-0.4, -0.2) is 12.7 Å². The quantitative estimate of drug-likeness (QED) is 0.589. The highest BCUT2D eigenvalue weighted by Crippen LogP contribution is 2.47. The smallest absolute Gasteiger partial charge is 0.235 e. The van der Waals surface area contributed by atoms with E-state index in [9.17, 15) is 4.79 Å². The highest BCUT2D eigenvalue weighted by atomic mass is 16.5. The van der Waals surface area contributed by atoms with Gasteiger partial charge in [-0.2, -0.15) is 4.99 Å². The fraction of sp³-hybridized carbons (Fsp3) is 0.632. The third kappa shape index (κ3) is 2.83. The van der Waals surface area contributed by atoms with Crippen molar-refractivity contribution >= 4 is 6.08 Å². The first-order valence-electron chi connectivity index (χ1n) is 8.48. The number of aliphatic imine (C=N–C) groups is 1. The van der Waals surface area contributed by atoms with E-state index < -0.39 is 5.54 Å². The zero-order valence-corrected chi connectivity index (χ0v) is 13.7. The molecule has 1 aromatic rings. The molecule has 0 unspecified atom stereocenters. The van der Waals surface area contributed by atoms with Gasteiger partial charge in [-0.25, -0.2) is 4.79 Å². The monoisotopic (exact) mass is 299 g/mol. The van der Waals surface area contributed by atoms with Crippen LogP contribution in [0.4, 0.5) is 0 Å². The van der Waals surface area contributed by atoms with Gasteiger partial charge in [0.25, 0.3) is 0 Å². The summed E-state index contributed by atoms with van der Waals surface area (Å²) in [6, 6.07) is 4.32. The predicted molar refractivity (Wildman–Crippen MR) is 87.0 cm³/mol. The highest BCUT2D eigenvalue weighted by Gasteiger charge is 2.39. The van der Waals surface area contributed by atoms with E-state index in [0.29, 0.717) is 5.92 Å². The maximum atomic E-state index is 11.0. The molecule has 0 radical (unpaired) electrons. The molecule has 0 N–H and O–H groups in total. The van der Waals surface area contributed by atoms with Gasteiger partial charge < -0.3 is 4.74 Å². The van der Waals surface area contributed by atoms with Crippen molar-refractivity contribution in [1.29, 1.82) is 0 Å². The summed E-state index contributed by atoms with van der Waals surface area (Å²) < 4.78 is 6.22. The Morgan fingerprint density at radius 2 is 1.95 bits per heavy atom. The zero-order valence-electron chi connectivity index (χ0n) is 13.7. The Morgan fingerprint density at radius 3 is 2.55 bits per heavy atom. The first kappa shape index (κ1) is 15.3.